The Kier molecular flexibility index (Phi) is 2.67. The minimum atomic E-state index is -0.416. The highest BCUT2D eigenvalue weighted by atomic mass is 32.1. The van der Waals surface area contributed by atoms with Crippen molar-refractivity contribution in [2.75, 3.05) is 6.61 Å². The number of aliphatic hydroxyl groups excluding tert-OH is 1. The average molecular weight is 198 g/mol. The first-order valence-corrected chi connectivity index (χ1v) is 5.45. The van der Waals surface area contributed by atoms with Crippen LogP contribution in [0, 0.1) is 6.92 Å². The standard InChI is InChI=1S/C10H14O2S/c1-7-4-5-9(13-7)10(11)8-3-2-6-12-8/h4-5,8,10-11H,2-3,6H2,1H3. The Morgan fingerprint density at radius 1 is 1.62 bits per heavy atom. The summed E-state index contributed by atoms with van der Waals surface area (Å²) in [6.45, 7) is 2.85. The summed E-state index contributed by atoms with van der Waals surface area (Å²) >= 11 is 1.65. The van der Waals surface area contributed by atoms with Gasteiger partial charge in [0.15, 0.2) is 0 Å². The van der Waals surface area contributed by atoms with E-state index in [-0.39, 0.29) is 6.10 Å². The molecule has 1 fully saturated rings. The Morgan fingerprint density at radius 3 is 3.00 bits per heavy atom. The van der Waals surface area contributed by atoms with E-state index in [0.717, 1.165) is 24.3 Å². The van der Waals surface area contributed by atoms with Crippen LogP contribution in [0.25, 0.3) is 0 Å². The van der Waals surface area contributed by atoms with Gasteiger partial charge in [-0.15, -0.1) is 11.3 Å². The molecule has 0 aromatic carbocycles. The third kappa shape index (κ3) is 1.93. The molecule has 0 bridgehead atoms. The summed E-state index contributed by atoms with van der Waals surface area (Å²) in [4.78, 5) is 2.27. The topological polar surface area (TPSA) is 29.5 Å². The van der Waals surface area contributed by atoms with Gasteiger partial charge in [-0.05, 0) is 31.9 Å². The van der Waals surface area contributed by atoms with E-state index in [4.69, 9.17) is 4.74 Å². The minimum Gasteiger partial charge on any atom is -0.385 e. The van der Waals surface area contributed by atoms with Crippen molar-refractivity contribution < 1.29 is 9.84 Å². The molecule has 0 radical (unpaired) electrons. The summed E-state index contributed by atoms with van der Waals surface area (Å²) in [6.07, 6.45) is 1.67. The van der Waals surface area contributed by atoms with E-state index in [2.05, 4.69) is 6.92 Å². The van der Waals surface area contributed by atoms with Crippen molar-refractivity contribution in [3.05, 3.63) is 21.9 Å². The molecule has 13 heavy (non-hydrogen) atoms. The molecule has 2 heterocycles. The molecule has 1 aliphatic heterocycles. The van der Waals surface area contributed by atoms with Crippen molar-refractivity contribution in [1.82, 2.24) is 0 Å². The number of hydrogen-bond acceptors (Lipinski definition) is 3. The Morgan fingerprint density at radius 2 is 2.46 bits per heavy atom. The van der Waals surface area contributed by atoms with Crippen molar-refractivity contribution in [3.63, 3.8) is 0 Å². The third-order valence-corrected chi connectivity index (χ3v) is 3.44. The first kappa shape index (κ1) is 9.19. The Hall–Kier alpha value is -0.380. The predicted octanol–water partition coefficient (Wildman–Crippen LogP) is 2.27. The smallest absolute Gasteiger partial charge is 0.114 e. The number of ether oxygens (including phenoxy) is 1. The van der Waals surface area contributed by atoms with E-state index < -0.39 is 6.10 Å². The monoisotopic (exact) mass is 198 g/mol. The van der Waals surface area contributed by atoms with Crippen molar-refractivity contribution in [2.24, 2.45) is 0 Å². The van der Waals surface area contributed by atoms with Gasteiger partial charge >= 0.3 is 0 Å². The van der Waals surface area contributed by atoms with Gasteiger partial charge in [-0.3, -0.25) is 0 Å². The molecule has 72 valence electrons. The van der Waals surface area contributed by atoms with Gasteiger partial charge in [0.05, 0.1) is 6.10 Å². The van der Waals surface area contributed by atoms with Crippen molar-refractivity contribution >= 4 is 11.3 Å². The molecular formula is C10H14O2S. The molecule has 1 aliphatic rings. The van der Waals surface area contributed by atoms with Crippen LogP contribution in [0.2, 0.25) is 0 Å². The van der Waals surface area contributed by atoms with E-state index in [1.165, 1.54) is 4.88 Å². The molecule has 0 saturated carbocycles. The third-order valence-electron chi connectivity index (χ3n) is 2.37. The molecule has 0 aliphatic carbocycles. The fraction of sp³-hybridized carbons (Fsp3) is 0.600. The molecule has 2 rings (SSSR count). The number of rotatable bonds is 2. The molecule has 2 atom stereocenters. The molecule has 3 heteroatoms. The molecule has 0 spiro atoms. The fourth-order valence-electron chi connectivity index (χ4n) is 1.65. The van der Waals surface area contributed by atoms with Gasteiger partial charge in [0.1, 0.15) is 6.10 Å². The van der Waals surface area contributed by atoms with Gasteiger partial charge in [0.25, 0.3) is 0 Å². The van der Waals surface area contributed by atoms with E-state index in [1.807, 2.05) is 12.1 Å². The summed E-state index contributed by atoms with van der Waals surface area (Å²) in [7, 11) is 0. The van der Waals surface area contributed by atoms with Crippen LogP contribution in [0.4, 0.5) is 0 Å². The summed E-state index contributed by atoms with van der Waals surface area (Å²) in [5.41, 5.74) is 0. The van der Waals surface area contributed by atoms with Crippen LogP contribution >= 0.6 is 11.3 Å². The Balaban J connectivity index is 2.07. The Bertz CT molecular complexity index is 276. The normalized spacial score (nSPS) is 24.9. The lowest BCUT2D eigenvalue weighted by molar-refractivity contribution is -0.000772. The van der Waals surface area contributed by atoms with Gasteiger partial charge in [0, 0.05) is 16.4 Å². The van der Waals surface area contributed by atoms with Crippen molar-refractivity contribution in [1.29, 1.82) is 0 Å². The van der Waals surface area contributed by atoms with Crippen LogP contribution in [0.1, 0.15) is 28.7 Å². The summed E-state index contributed by atoms with van der Waals surface area (Å²) < 4.78 is 5.44. The van der Waals surface area contributed by atoms with Crippen LogP contribution in [0.15, 0.2) is 12.1 Å². The predicted molar refractivity (Wildman–Crippen MR) is 53.0 cm³/mol. The van der Waals surface area contributed by atoms with Crippen LogP contribution in [-0.4, -0.2) is 17.8 Å². The second-order valence-corrected chi connectivity index (χ2v) is 4.76. The van der Waals surface area contributed by atoms with Gasteiger partial charge < -0.3 is 9.84 Å². The minimum absolute atomic E-state index is 0.0260. The van der Waals surface area contributed by atoms with Crippen LogP contribution in [-0.2, 0) is 4.74 Å². The number of aliphatic hydroxyl groups is 1. The number of thiophene rings is 1. The molecular weight excluding hydrogens is 184 g/mol. The summed E-state index contributed by atoms with van der Waals surface area (Å²) in [5.74, 6) is 0. The zero-order valence-electron chi connectivity index (χ0n) is 7.69. The second-order valence-electron chi connectivity index (χ2n) is 3.44. The summed E-state index contributed by atoms with van der Waals surface area (Å²) in [5, 5.41) is 9.92. The van der Waals surface area contributed by atoms with Crippen LogP contribution in [0.5, 0.6) is 0 Å². The average Bonchev–Trinajstić information content (AvgIpc) is 2.72. The van der Waals surface area contributed by atoms with Gasteiger partial charge in [0.2, 0.25) is 0 Å². The molecule has 2 nitrogen and oxygen atoms in total. The highest BCUT2D eigenvalue weighted by Gasteiger charge is 2.26. The van der Waals surface area contributed by atoms with Crippen LogP contribution in [0.3, 0.4) is 0 Å². The Labute approximate surface area is 82.2 Å². The van der Waals surface area contributed by atoms with Gasteiger partial charge in [-0.2, -0.15) is 0 Å². The quantitative estimate of drug-likeness (QED) is 0.790. The molecule has 1 aromatic heterocycles. The highest BCUT2D eigenvalue weighted by molar-refractivity contribution is 7.12. The van der Waals surface area contributed by atoms with E-state index in [9.17, 15) is 5.11 Å². The van der Waals surface area contributed by atoms with Gasteiger partial charge in [-0.25, -0.2) is 0 Å². The van der Waals surface area contributed by atoms with Crippen LogP contribution < -0.4 is 0 Å². The van der Waals surface area contributed by atoms with E-state index >= 15 is 0 Å². The maximum absolute atomic E-state index is 9.92. The highest BCUT2D eigenvalue weighted by Crippen LogP contribution is 2.30. The lowest BCUT2D eigenvalue weighted by atomic mass is 10.1. The lowest BCUT2D eigenvalue weighted by Crippen LogP contribution is -2.15. The maximum atomic E-state index is 9.92. The first-order chi connectivity index (χ1) is 6.27. The molecule has 1 aromatic rings. The van der Waals surface area contributed by atoms with E-state index in [0.29, 0.717) is 0 Å². The van der Waals surface area contributed by atoms with Crippen molar-refractivity contribution in [2.45, 2.75) is 32.0 Å². The largest absolute Gasteiger partial charge is 0.385 e. The summed E-state index contributed by atoms with van der Waals surface area (Å²) in [6, 6.07) is 4.03. The lowest BCUT2D eigenvalue weighted by Gasteiger charge is -2.15. The fourth-order valence-corrected chi connectivity index (χ4v) is 2.56. The maximum Gasteiger partial charge on any atom is 0.114 e. The zero-order valence-corrected chi connectivity index (χ0v) is 8.51. The zero-order chi connectivity index (χ0) is 9.26. The molecule has 1 saturated heterocycles. The van der Waals surface area contributed by atoms with Gasteiger partial charge in [-0.1, -0.05) is 0 Å². The first-order valence-electron chi connectivity index (χ1n) is 4.63. The van der Waals surface area contributed by atoms with E-state index in [1.54, 1.807) is 11.3 Å². The second kappa shape index (κ2) is 3.78. The number of aryl methyl sites for hydroxylation is 1. The van der Waals surface area contributed by atoms with Crippen molar-refractivity contribution in [3.8, 4) is 0 Å². The molecule has 0 amide bonds. The number of hydrogen-bond donors (Lipinski definition) is 1. The molecule has 2 unspecified atom stereocenters. The SMILES string of the molecule is Cc1ccc(C(O)C2CCCO2)s1. The molecule has 1 N–H and O–H groups in total.